The smallest absolute Gasteiger partial charge is 0.303 e. The van der Waals surface area contributed by atoms with Gasteiger partial charge < -0.3 is 75.8 Å². The first-order valence-corrected chi connectivity index (χ1v) is 20.3. The highest BCUT2D eigenvalue weighted by atomic mass is 16.8. The van der Waals surface area contributed by atoms with Crippen LogP contribution in [0.5, 0.6) is 0 Å². The van der Waals surface area contributed by atoms with E-state index in [1.54, 1.807) is 0 Å². The normalized spacial score (nSPS) is 31.1. The summed E-state index contributed by atoms with van der Waals surface area (Å²) in [6, 6.07) is 0. The quantitative estimate of drug-likeness (QED) is 0.107. The molecular weight excluding hydrogens is 912 g/mol. The zero-order valence-electron chi connectivity index (χ0n) is 38.4. The molecule has 3 aliphatic heterocycles. The van der Waals surface area contributed by atoms with Crippen molar-refractivity contribution in [3.8, 4) is 0 Å². The predicted molar refractivity (Wildman–Crippen MR) is 206 cm³/mol. The first kappa shape index (κ1) is 55.3. The van der Waals surface area contributed by atoms with E-state index in [0.29, 0.717) is 0 Å². The molecule has 3 fully saturated rings. The standard InChI is InChI=1S/C40H54O27/c1-16(41)52-12-27-30(56-20(5)45)33(59-23(8)48)35(60-24(9)49)38(63-27)65-34-31(57-21(6)46)28(13-53-17(2)42)64-39(36(34)61-25(10)50)67-40(15-55-19(4)44)37(62-26(11)51)32(58-22(7)47)29(66-40)14-54-18(3)43/h27-39H,12-15H2,1-11H3/t27-,28-,29-,30+,31-,32-,33+,34+,35-,36-,37+,38+,39-,40+/m1/s1. The van der Waals surface area contributed by atoms with Gasteiger partial charge in [0.05, 0.1) is 0 Å². The van der Waals surface area contributed by atoms with Crippen molar-refractivity contribution < 1.29 is 129 Å². The average molecular weight is 967 g/mol. The lowest BCUT2D eigenvalue weighted by Crippen LogP contribution is -2.68. The van der Waals surface area contributed by atoms with Crippen LogP contribution in [0.15, 0.2) is 0 Å². The zero-order valence-corrected chi connectivity index (χ0v) is 38.4. The molecule has 0 aromatic rings. The van der Waals surface area contributed by atoms with Gasteiger partial charge in [0.15, 0.2) is 49.0 Å². The Bertz CT molecular complexity index is 1860. The summed E-state index contributed by atoms with van der Waals surface area (Å²) in [5.41, 5.74) is 0. The molecule has 3 saturated heterocycles. The van der Waals surface area contributed by atoms with Gasteiger partial charge in [-0.1, -0.05) is 0 Å². The molecule has 3 heterocycles. The van der Waals surface area contributed by atoms with Crippen molar-refractivity contribution in [2.45, 2.75) is 162 Å². The summed E-state index contributed by atoms with van der Waals surface area (Å²) in [5.74, 6) is -13.5. The summed E-state index contributed by atoms with van der Waals surface area (Å²) < 4.78 is 90.9. The van der Waals surface area contributed by atoms with Crippen molar-refractivity contribution in [2.75, 3.05) is 26.4 Å². The fourth-order valence-corrected chi connectivity index (χ4v) is 7.04. The first-order valence-electron chi connectivity index (χ1n) is 20.3. The van der Waals surface area contributed by atoms with Gasteiger partial charge >= 0.3 is 65.7 Å². The van der Waals surface area contributed by atoms with Crippen molar-refractivity contribution in [2.24, 2.45) is 0 Å². The Morgan fingerprint density at radius 1 is 0.358 bits per heavy atom. The molecule has 0 N–H and O–H groups in total. The highest BCUT2D eigenvalue weighted by molar-refractivity contribution is 5.70. The van der Waals surface area contributed by atoms with Gasteiger partial charge in [0, 0.05) is 76.2 Å². The predicted octanol–water partition coefficient (Wildman–Crippen LogP) is -1.29. The third kappa shape index (κ3) is 16.4. The van der Waals surface area contributed by atoms with Crippen LogP contribution in [0, 0.1) is 0 Å². The Morgan fingerprint density at radius 3 is 1.12 bits per heavy atom. The molecule has 0 radical (unpaired) electrons. The zero-order chi connectivity index (χ0) is 50.5. The highest BCUT2D eigenvalue weighted by Gasteiger charge is 2.65. The molecule has 0 aromatic heterocycles. The minimum absolute atomic E-state index is 0.701. The third-order valence-corrected chi connectivity index (χ3v) is 9.17. The van der Waals surface area contributed by atoms with Gasteiger partial charge in [-0.2, -0.15) is 0 Å². The molecule has 3 rings (SSSR count). The molecule has 0 spiro atoms. The topological polar surface area (TPSA) is 335 Å². The lowest BCUT2D eigenvalue weighted by Gasteiger charge is -2.49. The molecule has 0 aliphatic carbocycles. The summed E-state index contributed by atoms with van der Waals surface area (Å²) in [7, 11) is 0. The Balaban J connectivity index is 2.40. The van der Waals surface area contributed by atoms with Crippen molar-refractivity contribution in [1.82, 2.24) is 0 Å². The molecule has 14 atom stereocenters. The molecule has 0 unspecified atom stereocenters. The van der Waals surface area contributed by atoms with Gasteiger partial charge in [0.1, 0.15) is 50.8 Å². The van der Waals surface area contributed by atoms with Gasteiger partial charge in [-0.3, -0.25) is 52.7 Å². The molecule has 0 saturated carbocycles. The number of carbonyl (C=O) groups is 11. The first-order chi connectivity index (χ1) is 31.2. The minimum atomic E-state index is -2.69. The molecule has 0 aromatic carbocycles. The number of hydrogen-bond acceptors (Lipinski definition) is 27. The molecule has 67 heavy (non-hydrogen) atoms. The van der Waals surface area contributed by atoms with Gasteiger partial charge in [-0.25, -0.2) is 0 Å². The van der Waals surface area contributed by atoms with Crippen LogP contribution in [0.2, 0.25) is 0 Å². The second-order valence-electron chi connectivity index (χ2n) is 14.9. The summed E-state index contributed by atoms with van der Waals surface area (Å²) in [5, 5.41) is 0. The Kier molecular flexibility index (Phi) is 20.3. The van der Waals surface area contributed by atoms with Crippen molar-refractivity contribution in [1.29, 1.82) is 0 Å². The number of rotatable bonds is 19. The summed E-state index contributed by atoms with van der Waals surface area (Å²) in [4.78, 5) is 137. The van der Waals surface area contributed by atoms with Gasteiger partial charge in [-0.05, 0) is 0 Å². The van der Waals surface area contributed by atoms with Crippen molar-refractivity contribution >= 4 is 65.7 Å². The fourth-order valence-electron chi connectivity index (χ4n) is 7.04. The monoisotopic (exact) mass is 966 g/mol. The van der Waals surface area contributed by atoms with Crippen LogP contribution in [-0.4, -0.2) is 178 Å². The molecule has 3 aliphatic rings. The van der Waals surface area contributed by atoms with E-state index in [9.17, 15) is 52.7 Å². The second kappa shape index (κ2) is 24.7. The van der Waals surface area contributed by atoms with Gasteiger partial charge in [0.25, 0.3) is 0 Å². The van der Waals surface area contributed by atoms with E-state index >= 15 is 0 Å². The summed E-state index contributed by atoms with van der Waals surface area (Å²) in [6.45, 7) is 7.41. The number of carbonyl (C=O) groups excluding carboxylic acids is 11. The van der Waals surface area contributed by atoms with E-state index in [0.717, 1.165) is 76.2 Å². The second-order valence-corrected chi connectivity index (χ2v) is 14.9. The summed E-state index contributed by atoms with van der Waals surface area (Å²) in [6.07, 6.45) is -24.3. The van der Waals surface area contributed by atoms with Gasteiger partial charge in [0.2, 0.25) is 12.1 Å². The maximum atomic E-state index is 13.1. The number of ether oxygens (including phenoxy) is 16. The van der Waals surface area contributed by atoms with Crippen LogP contribution in [0.3, 0.4) is 0 Å². The lowest BCUT2D eigenvalue weighted by atomic mass is 9.95. The van der Waals surface area contributed by atoms with Crippen molar-refractivity contribution in [3.63, 3.8) is 0 Å². The molecule has 0 bridgehead atoms. The van der Waals surface area contributed by atoms with E-state index in [-0.39, 0.29) is 0 Å². The van der Waals surface area contributed by atoms with Crippen LogP contribution >= 0.6 is 0 Å². The molecule has 0 amide bonds. The third-order valence-electron chi connectivity index (χ3n) is 9.17. The van der Waals surface area contributed by atoms with E-state index in [1.807, 2.05) is 0 Å². The Labute approximate surface area is 382 Å². The summed E-state index contributed by atoms with van der Waals surface area (Å²) >= 11 is 0. The molecule has 376 valence electrons. The maximum Gasteiger partial charge on any atom is 0.303 e. The Hall–Kier alpha value is -6.03. The van der Waals surface area contributed by atoms with Crippen LogP contribution in [-0.2, 0) is 129 Å². The van der Waals surface area contributed by atoms with Crippen LogP contribution in [0.4, 0.5) is 0 Å². The Morgan fingerprint density at radius 2 is 0.701 bits per heavy atom. The van der Waals surface area contributed by atoms with Crippen molar-refractivity contribution in [3.05, 3.63) is 0 Å². The highest BCUT2D eigenvalue weighted by Crippen LogP contribution is 2.42. The molecular formula is C40H54O27. The largest absolute Gasteiger partial charge is 0.463 e. The van der Waals surface area contributed by atoms with E-state index < -0.39 is 178 Å². The maximum absolute atomic E-state index is 13.1. The van der Waals surface area contributed by atoms with E-state index in [1.165, 1.54) is 0 Å². The molecule has 27 nitrogen and oxygen atoms in total. The van der Waals surface area contributed by atoms with Crippen LogP contribution in [0.1, 0.15) is 76.2 Å². The molecule has 27 heteroatoms. The number of esters is 11. The van der Waals surface area contributed by atoms with Crippen LogP contribution < -0.4 is 0 Å². The van der Waals surface area contributed by atoms with E-state index in [4.69, 9.17) is 75.8 Å². The SMILES string of the molecule is CC(=O)OC[C@H]1O[C@@H](O[C@@H]2[C@@H](OC(C)=O)[C@@H](O[C@]3(COC(C)=O)O[C@H](COC(C)=O)[C@@H](OC(C)=O)[C@@H]3OC(C)=O)O[C@H](COC(C)=O)[C@H]2OC(C)=O)[C@H](OC(C)=O)[C@@H](OC(C)=O)[C@H]1OC(C)=O. The number of hydrogen-bond donors (Lipinski definition) is 0. The fraction of sp³-hybridized carbons (Fsp3) is 0.725. The van der Waals surface area contributed by atoms with Crippen LogP contribution in [0.25, 0.3) is 0 Å². The van der Waals surface area contributed by atoms with E-state index in [2.05, 4.69) is 0 Å². The minimum Gasteiger partial charge on any atom is -0.463 e. The van der Waals surface area contributed by atoms with Gasteiger partial charge in [-0.15, -0.1) is 0 Å². The average Bonchev–Trinajstić information content (AvgIpc) is 3.44. The lowest BCUT2D eigenvalue weighted by molar-refractivity contribution is -0.399.